The zero-order chi connectivity index (χ0) is 31.8. The first-order chi connectivity index (χ1) is 21.7. The Hall–Kier alpha value is -4.20. The van der Waals surface area contributed by atoms with E-state index >= 15 is 0 Å². The third-order valence-electron chi connectivity index (χ3n) is 7.57. The summed E-state index contributed by atoms with van der Waals surface area (Å²) >= 11 is 5.64. The fourth-order valence-corrected chi connectivity index (χ4v) is 8.74. The van der Waals surface area contributed by atoms with Gasteiger partial charge in [0.1, 0.15) is 17.5 Å². The van der Waals surface area contributed by atoms with Crippen LogP contribution in [0.1, 0.15) is 33.6 Å². The van der Waals surface area contributed by atoms with Gasteiger partial charge in [-0.3, -0.25) is 23.7 Å². The predicted octanol–water partition coefficient (Wildman–Crippen LogP) is 5.29. The minimum Gasteiger partial charge on any atom is -0.497 e. The number of anilines is 2. The number of carbonyl (C=O) groups is 4. The van der Waals surface area contributed by atoms with Crippen LogP contribution in [0.5, 0.6) is 5.75 Å². The van der Waals surface area contributed by atoms with Gasteiger partial charge in [-0.05, 0) is 73.2 Å². The maximum Gasteiger partial charge on any atom is 0.338 e. The van der Waals surface area contributed by atoms with Gasteiger partial charge < -0.3 is 14.8 Å². The number of aromatic nitrogens is 1. The van der Waals surface area contributed by atoms with Gasteiger partial charge in [0.15, 0.2) is 0 Å². The molecular weight excluding hydrogens is 682 g/mol. The SMILES string of the molecule is CCOC(=O)c1ccc(NC(=O)Cn2c3c(sc2=O)C(c2cccc(Br)c2)C2C(=O)N(c4ccc(OC)cc4)C(=O)C2S3)cc1. The maximum absolute atomic E-state index is 14.0. The van der Waals surface area contributed by atoms with Crippen molar-refractivity contribution < 1.29 is 28.7 Å². The lowest BCUT2D eigenvalue weighted by Crippen LogP contribution is -2.33. The van der Waals surface area contributed by atoms with E-state index in [1.807, 2.05) is 24.3 Å². The van der Waals surface area contributed by atoms with Gasteiger partial charge >= 0.3 is 10.8 Å². The number of fused-ring (bicyclic) bond motifs is 2. The molecule has 1 aromatic heterocycles. The largest absolute Gasteiger partial charge is 0.497 e. The Kier molecular flexibility index (Phi) is 8.67. The molecule has 2 aliphatic heterocycles. The van der Waals surface area contributed by atoms with E-state index in [-0.39, 0.29) is 29.8 Å². The molecule has 3 aromatic carbocycles. The van der Waals surface area contributed by atoms with Gasteiger partial charge in [0, 0.05) is 21.0 Å². The highest BCUT2D eigenvalue weighted by Crippen LogP contribution is 2.54. The molecule has 0 spiro atoms. The van der Waals surface area contributed by atoms with Crippen LogP contribution in [0.25, 0.3) is 0 Å². The highest BCUT2D eigenvalue weighted by atomic mass is 79.9. The third-order valence-corrected chi connectivity index (χ3v) is 10.7. The first kappa shape index (κ1) is 30.8. The van der Waals surface area contributed by atoms with E-state index in [2.05, 4.69) is 21.2 Å². The average molecular weight is 709 g/mol. The Labute approximate surface area is 274 Å². The monoisotopic (exact) mass is 707 g/mol. The summed E-state index contributed by atoms with van der Waals surface area (Å²) in [6, 6.07) is 20.4. The molecular formula is C32H26BrN3O7S2. The number of hydrogen-bond donors (Lipinski definition) is 1. The van der Waals surface area contributed by atoms with E-state index in [0.29, 0.717) is 32.6 Å². The molecule has 230 valence electrons. The lowest BCUT2D eigenvalue weighted by molar-refractivity contribution is -0.122. The van der Waals surface area contributed by atoms with Crippen LogP contribution in [0.15, 0.2) is 87.1 Å². The molecule has 3 unspecified atom stereocenters. The molecule has 1 fully saturated rings. The van der Waals surface area contributed by atoms with Crippen LogP contribution in [0.2, 0.25) is 0 Å². The van der Waals surface area contributed by atoms with Crippen LogP contribution in [-0.2, 0) is 25.7 Å². The Bertz CT molecular complexity index is 1870. The van der Waals surface area contributed by atoms with Crippen LogP contribution >= 0.6 is 39.0 Å². The van der Waals surface area contributed by atoms with Crippen molar-refractivity contribution in [2.45, 2.75) is 29.7 Å². The Morgan fingerprint density at radius 2 is 1.71 bits per heavy atom. The molecule has 4 aromatic rings. The van der Waals surface area contributed by atoms with Crippen LogP contribution in [0.3, 0.4) is 0 Å². The Balaban J connectivity index is 1.33. The van der Waals surface area contributed by atoms with Crippen molar-refractivity contribution in [2.75, 3.05) is 23.9 Å². The van der Waals surface area contributed by atoms with E-state index in [1.54, 1.807) is 55.5 Å². The summed E-state index contributed by atoms with van der Waals surface area (Å²) in [5, 5.41) is 2.44. The number of rotatable bonds is 8. The number of thioether (sulfide) groups is 1. The fraction of sp³-hybridized carbons (Fsp3) is 0.219. The van der Waals surface area contributed by atoms with Gasteiger partial charge in [0.05, 0.1) is 35.9 Å². The molecule has 0 saturated carbocycles. The molecule has 1 saturated heterocycles. The lowest BCUT2D eigenvalue weighted by Gasteiger charge is -2.30. The van der Waals surface area contributed by atoms with Crippen LogP contribution in [0, 0.1) is 5.92 Å². The van der Waals surface area contributed by atoms with E-state index in [0.717, 1.165) is 33.1 Å². The van der Waals surface area contributed by atoms with Gasteiger partial charge in [-0.1, -0.05) is 51.2 Å². The second-order valence-corrected chi connectivity index (χ2v) is 13.3. The van der Waals surface area contributed by atoms with Crippen molar-refractivity contribution in [1.82, 2.24) is 4.57 Å². The maximum atomic E-state index is 14.0. The normalized spacial score (nSPS) is 18.7. The van der Waals surface area contributed by atoms with Crippen molar-refractivity contribution in [1.29, 1.82) is 0 Å². The lowest BCUT2D eigenvalue weighted by atomic mass is 9.83. The van der Waals surface area contributed by atoms with Crippen LogP contribution in [-0.4, -0.2) is 47.2 Å². The number of nitrogens with one attached hydrogen (secondary N) is 1. The summed E-state index contributed by atoms with van der Waals surface area (Å²) in [6.45, 7) is 1.66. The fourth-order valence-electron chi connectivity index (χ4n) is 5.55. The topological polar surface area (TPSA) is 124 Å². The summed E-state index contributed by atoms with van der Waals surface area (Å²) < 4.78 is 12.4. The zero-order valence-electron chi connectivity index (χ0n) is 24.0. The molecule has 3 atom stereocenters. The molecule has 0 aliphatic carbocycles. The second kappa shape index (κ2) is 12.7. The van der Waals surface area contributed by atoms with Crippen molar-refractivity contribution in [2.24, 2.45) is 5.92 Å². The quantitative estimate of drug-likeness (QED) is 0.194. The summed E-state index contributed by atoms with van der Waals surface area (Å²) in [7, 11) is 1.54. The number of nitrogens with zero attached hydrogens (tertiary/aromatic N) is 2. The smallest absolute Gasteiger partial charge is 0.338 e. The van der Waals surface area contributed by atoms with Gasteiger partial charge in [-0.2, -0.15) is 0 Å². The van der Waals surface area contributed by atoms with Gasteiger partial charge in [0.25, 0.3) is 0 Å². The molecule has 13 heteroatoms. The Morgan fingerprint density at radius 1 is 0.978 bits per heavy atom. The number of amides is 3. The summed E-state index contributed by atoms with van der Waals surface area (Å²) in [5.41, 5.74) is 2.00. The number of methoxy groups -OCH3 is 1. The number of imide groups is 1. The molecule has 45 heavy (non-hydrogen) atoms. The average Bonchev–Trinajstić information content (AvgIpc) is 3.47. The summed E-state index contributed by atoms with van der Waals surface area (Å²) in [5.74, 6) is -2.41. The molecule has 3 heterocycles. The standard InChI is InChI=1S/C32H26BrN3O7S2/c1-3-43-31(40)17-7-9-20(10-8-17)34-23(37)16-35-30-27(45-32(35)41)24(18-5-4-6-19(33)15-18)25-26(44-30)29(39)36(28(25)38)21-11-13-22(42-2)14-12-21/h4-15,24-26H,3,16H2,1-2H3,(H,34,37). The molecule has 0 radical (unpaired) electrons. The van der Waals surface area contributed by atoms with Crippen LogP contribution in [0.4, 0.5) is 11.4 Å². The molecule has 0 bridgehead atoms. The van der Waals surface area contributed by atoms with E-state index in [9.17, 15) is 24.0 Å². The number of ether oxygens (including phenoxy) is 2. The number of carbonyl (C=O) groups excluding carboxylic acids is 4. The highest BCUT2D eigenvalue weighted by molar-refractivity contribution is 9.10. The molecule has 3 amide bonds. The number of hydrogen-bond acceptors (Lipinski definition) is 9. The number of esters is 1. The number of halogens is 1. The van der Waals surface area contributed by atoms with Gasteiger partial charge in [-0.15, -0.1) is 0 Å². The second-order valence-electron chi connectivity index (χ2n) is 10.3. The molecule has 2 aliphatic rings. The minimum atomic E-state index is -0.810. The van der Waals surface area contributed by atoms with E-state index in [1.165, 1.54) is 16.6 Å². The van der Waals surface area contributed by atoms with Gasteiger partial charge in [0.2, 0.25) is 17.7 Å². The Morgan fingerprint density at radius 3 is 2.38 bits per heavy atom. The summed E-state index contributed by atoms with van der Waals surface area (Å²) in [4.78, 5) is 67.9. The first-order valence-corrected chi connectivity index (χ1v) is 16.4. The predicted molar refractivity (Wildman–Crippen MR) is 174 cm³/mol. The van der Waals surface area contributed by atoms with E-state index < -0.39 is 29.0 Å². The number of thiazole rings is 1. The summed E-state index contributed by atoms with van der Waals surface area (Å²) in [6.07, 6.45) is 0. The van der Waals surface area contributed by atoms with Crippen molar-refractivity contribution in [3.8, 4) is 5.75 Å². The molecule has 6 rings (SSSR count). The van der Waals surface area contributed by atoms with Crippen LogP contribution < -0.4 is 19.8 Å². The number of benzene rings is 3. The molecule has 1 N–H and O–H groups in total. The molecule has 10 nitrogen and oxygen atoms in total. The zero-order valence-corrected chi connectivity index (χ0v) is 27.2. The minimum absolute atomic E-state index is 0.248. The van der Waals surface area contributed by atoms with Crippen molar-refractivity contribution >= 4 is 74.1 Å². The third kappa shape index (κ3) is 5.83. The van der Waals surface area contributed by atoms with E-state index in [4.69, 9.17) is 9.47 Å². The highest BCUT2D eigenvalue weighted by Gasteiger charge is 2.56. The van der Waals surface area contributed by atoms with Gasteiger partial charge in [-0.25, -0.2) is 9.69 Å². The van der Waals surface area contributed by atoms with Crippen molar-refractivity contribution in [3.05, 3.63) is 103 Å². The van der Waals surface area contributed by atoms with Crippen molar-refractivity contribution in [3.63, 3.8) is 0 Å². The first-order valence-electron chi connectivity index (χ1n) is 13.9.